The summed E-state index contributed by atoms with van der Waals surface area (Å²) < 4.78 is 13.2. The molecule has 3 aromatic rings. The third-order valence-electron chi connectivity index (χ3n) is 4.89. The van der Waals surface area contributed by atoms with Crippen molar-refractivity contribution in [3.8, 4) is 11.1 Å². The molecule has 6 heteroatoms. The largest absolute Gasteiger partial charge is 0.355 e. The summed E-state index contributed by atoms with van der Waals surface area (Å²) in [6.45, 7) is 2.58. The average molecular weight is 394 g/mol. The lowest BCUT2D eigenvalue weighted by atomic mass is 9.98. The number of aryl methyl sites for hydroxylation is 1. The van der Waals surface area contributed by atoms with Gasteiger partial charge in [0.1, 0.15) is 5.82 Å². The third-order valence-corrected chi connectivity index (χ3v) is 5.94. The lowest BCUT2D eigenvalue weighted by Crippen LogP contribution is -2.13. The van der Waals surface area contributed by atoms with Crippen LogP contribution in [-0.4, -0.2) is 18.4 Å². The number of nitrogens with one attached hydrogen (secondary N) is 2. The smallest absolute Gasteiger partial charge is 0.265 e. The van der Waals surface area contributed by atoms with Crippen molar-refractivity contribution in [2.75, 3.05) is 11.9 Å². The number of hydrogen-bond donors (Lipinski definition) is 2. The van der Waals surface area contributed by atoms with Crippen molar-refractivity contribution in [2.45, 2.75) is 19.3 Å². The van der Waals surface area contributed by atoms with Crippen LogP contribution in [0.3, 0.4) is 0 Å². The first-order chi connectivity index (χ1) is 13.5. The molecule has 2 aromatic carbocycles. The molecule has 142 valence electrons. The molecule has 1 aliphatic heterocycles. The molecule has 0 spiro atoms. The molecule has 2 heterocycles. The molecule has 0 saturated carbocycles. The predicted molar refractivity (Wildman–Crippen MR) is 109 cm³/mol. The van der Waals surface area contributed by atoms with Gasteiger partial charge in [0.05, 0.1) is 4.88 Å². The van der Waals surface area contributed by atoms with E-state index >= 15 is 0 Å². The highest BCUT2D eigenvalue weighted by Crippen LogP contribution is 2.32. The van der Waals surface area contributed by atoms with Crippen LogP contribution in [0.5, 0.6) is 0 Å². The standard InChI is InChI=1S/C22H19FN2O2S/c1-13-19(14-5-7-17(23)8-6-14)11-20(28-13)22(27)25-18-4-2-3-15(9-18)16-10-21(26)24-12-16/h2-9,11,16H,10,12H2,1H3,(H,24,26)(H,25,27)/t16-/m1/s1. The fourth-order valence-corrected chi connectivity index (χ4v) is 4.35. The highest BCUT2D eigenvalue weighted by molar-refractivity contribution is 7.14. The van der Waals surface area contributed by atoms with E-state index in [1.54, 1.807) is 12.1 Å². The summed E-state index contributed by atoms with van der Waals surface area (Å²) in [4.78, 5) is 25.8. The van der Waals surface area contributed by atoms with E-state index in [4.69, 9.17) is 0 Å². The van der Waals surface area contributed by atoms with Crippen LogP contribution >= 0.6 is 11.3 Å². The lowest BCUT2D eigenvalue weighted by molar-refractivity contribution is -0.119. The van der Waals surface area contributed by atoms with E-state index < -0.39 is 0 Å². The Bertz CT molecular complexity index is 1040. The first-order valence-electron chi connectivity index (χ1n) is 9.04. The van der Waals surface area contributed by atoms with Crippen LogP contribution in [0, 0.1) is 12.7 Å². The zero-order chi connectivity index (χ0) is 19.7. The van der Waals surface area contributed by atoms with E-state index in [9.17, 15) is 14.0 Å². The zero-order valence-corrected chi connectivity index (χ0v) is 16.1. The molecule has 2 amide bonds. The minimum absolute atomic E-state index is 0.0572. The molecule has 0 unspecified atom stereocenters. The van der Waals surface area contributed by atoms with Gasteiger partial charge >= 0.3 is 0 Å². The summed E-state index contributed by atoms with van der Waals surface area (Å²) in [6.07, 6.45) is 0.475. The summed E-state index contributed by atoms with van der Waals surface area (Å²) >= 11 is 1.41. The first kappa shape index (κ1) is 18.4. The SMILES string of the molecule is Cc1sc(C(=O)Nc2cccc([C@H]3CNC(=O)C3)c2)cc1-c1ccc(F)cc1. The number of hydrogen-bond acceptors (Lipinski definition) is 3. The van der Waals surface area contributed by atoms with Crippen molar-refractivity contribution < 1.29 is 14.0 Å². The van der Waals surface area contributed by atoms with E-state index in [1.807, 2.05) is 37.3 Å². The lowest BCUT2D eigenvalue weighted by Gasteiger charge is -2.10. The Kier molecular flexibility index (Phi) is 4.96. The number of amides is 2. The van der Waals surface area contributed by atoms with E-state index in [1.165, 1.54) is 23.5 Å². The molecule has 28 heavy (non-hydrogen) atoms. The maximum absolute atomic E-state index is 13.2. The first-order valence-corrected chi connectivity index (χ1v) is 9.85. The van der Waals surface area contributed by atoms with Crippen LogP contribution in [0.4, 0.5) is 10.1 Å². The summed E-state index contributed by atoms with van der Waals surface area (Å²) in [6, 6.07) is 15.7. The molecular formula is C22H19FN2O2S. The molecule has 0 aliphatic carbocycles. The van der Waals surface area contributed by atoms with Crippen LogP contribution in [-0.2, 0) is 4.79 Å². The molecule has 1 atom stereocenters. The number of rotatable bonds is 4. The topological polar surface area (TPSA) is 58.2 Å². The molecule has 0 bridgehead atoms. The van der Waals surface area contributed by atoms with Crippen molar-refractivity contribution >= 4 is 28.8 Å². The maximum atomic E-state index is 13.2. The third kappa shape index (κ3) is 3.82. The van der Waals surface area contributed by atoms with Crippen LogP contribution < -0.4 is 10.6 Å². The summed E-state index contributed by atoms with van der Waals surface area (Å²) in [5.74, 6) is -0.270. The van der Waals surface area contributed by atoms with Gasteiger partial charge in [-0.15, -0.1) is 11.3 Å². The van der Waals surface area contributed by atoms with Crippen LogP contribution in [0.2, 0.25) is 0 Å². The van der Waals surface area contributed by atoms with Crippen LogP contribution in [0.15, 0.2) is 54.6 Å². The van der Waals surface area contributed by atoms with Gasteiger partial charge in [0.25, 0.3) is 5.91 Å². The Morgan fingerprint density at radius 1 is 1.18 bits per heavy atom. The number of anilines is 1. The monoisotopic (exact) mass is 394 g/mol. The molecular weight excluding hydrogens is 375 g/mol. The minimum Gasteiger partial charge on any atom is -0.355 e. The fourth-order valence-electron chi connectivity index (χ4n) is 3.41. The van der Waals surface area contributed by atoms with Crippen molar-refractivity contribution in [1.82, 2.24) is 5.32 Å². The van der Waals surface area contributed by atoms with Gasteiger partial charge in [-0.1, -0.05) is 24.3 Å². The second-order valence-corrected chi connectivity index (χ2v) is 8.13. The summed E-state index contributed by atoms with van der Waals surface area (Å²) in [7, 11) is 0. The van der Waals surface area contributed by atoms with Crippen molar-refractivity contribution in [3.05, 3.63) is 75.7 Å². The number of benzene rings is 2. The molecule has 2 N–H and O–H groups in total. The summed E-state index contributed by atoms with van der Waals surface area (Å²) in [5, 5.41) is 5.77. The van der Waals surface area contributed by atoms with Gasteiger partial charge in [-0.05, 0) is 53.9 Å². The van der Waals surface area contributed by atoms with Gasteiger partial charge < -0.3 is 10.6 Å². The number of thiophene rings is 1. The van der Waals surface area contributed by atoms with Gasteiger partial charge in [0.2, 0.25) is 5.91 Å². The Balaban J connectivity index is 1.52. The van der Waals surface area contributed by atoms with Gasteiger partial charge in [0, 0.05) is 29.4 Å². The van der Waals surface area contributed by atoms with Gasteiger partial charge in [-0.25, -0.2) is 4.39 Å². The van der Waals surface area contributed by atoms with E-state index in [0.29, 0.717) is 23.5 Å². The number of carbonyl (C=O) groups excluding carboxylic acids is 2. The summed E-state index contributed by atoms with van der Waals surface area (Å²) in [5.41, 5.74) is 3.55. The quantitative estimate of drug-likeness (QED) is 0.673. The molecule has 1 aliphatic rings. The second kappa shape index (κ2) is 7.56. The molecule has 1 fully saturated rings. The van der Waals surface area contributed by atoms with Crippen molar-refractivity contribution in [2.24, 2.45) is 0 Å². The second-order valence-electron chi connectivity index (χ2n) is 6.87. The van der Waals surface area contributed by atoms with Crippen molar-refractivity contribution in [3.63, 3.8) is 0 Å². The van der Waals surface area contributed by atoms with Gasteiger partial charge in [-0.3, -0.25) is 9.59 Å². The molecule has 4 nitrogen and oxygen atoms in total. The molecule has 1 aromatic heterocycles. The molecule has 4 rings (SSSR count). The minimum atomic E-state index is -0.284. The highest BCUT2D eigenvalue weighted by atomic mass is 32.1. The Labute approximate surface area is 166 Å². The Hall–Kier alpha value is -2.99. The number of carbonyl (C=O) groups is 2. The van der Waals surface area contributed by atoms with E-state index in [2.05, 4.69) is 10.6 Å². The normalized spacial score (nSPS) is 16.1. The van der Waals surface area contributed by atoms with E-state index in [0.717, 1.165) is 21.6 Å². The maximum Gasteiger partial charge on any atom is 0.265 e. The van der Waals surface area contributed by atoms with Gasteiger partial charge in [0.15, 0.2) is 0 Å². The fraction of sp³-hybridized carbons (Fsp3) is 0.182. The predicted octanol–water partition coefficient (Wildman–Crippen LogP) is 4.72. The molecule has 1 saturated heterocycles. The average Bonchev–Trinajstić information content (AvgIpc) is 3.29. The van der Waals surface area contributed by atoms with Crippen LogP contribution in [0.25, 0.3) is 11.1 Å². The number of halogens is 1. The van der Waals surface area contributed by atoms with E-state index in [-0.39, 0.29) is 23.5 Å². The zero-order valence-electron chi connectivity index (χ0n) is 15.3. The highest BCUT2D eigenvalue weighted by Gasteiger charge is 2.23. The Morgan fingerprint density at radius 2 is 1.96 bits per heavy atom. The van der Waals surface area contributed by atoms with Crippen LogP contribution in [0.1, 0.15) is 32.5 Å². The molecule has 0 radical (unpaired) electrons. The van der Waals surface area contributed by atoms with Crippen molar-refractivity contribution in [1.29, 1.82) is 0 Å². The Morgan fingerprint density at radius 3 is 2.68 bits per heavy atom. The van der Waals surface area contributed by atoms with Gasteiger partial charge in [-0.2, -0.15) is 0 Å².